The lowest BCUT2D eigenvalue weighted by Gasteiger charge is -2.40. The van der Waals surface area contributed by atoms with Crippen LogP contribution in [0, 0.1) is 0 Å². The predicted molar refractivity (Wildman–Crippen MR) is 110 cm³/mol. The van der Waals surface area contributed by atoms with Gasteiger partial charge in [-0.2, -0.15) is 0 Å². The molecule has 0 aliphatic carbocycles. The smallest absolute Gasteiger partial charge is 0.251 e. The molecule has 0 aromatic heterocycles. The van der Waals surface area contributed by atoms with Crippen LogP contribution in [-0.4, -0.2) is 48.1 Å². The van der Waals surface area contributed by atoms with Crippen LogP contribution in [0.2, 0.25) is 5.02 Å². The van der Waals surface area contributed by atoms with Gasteiger partial charge in [0.05, 0.1) is 30.9 Å². The average Bonchev–Trinajstić information content (AvgIpc) is 3.03. The number of rotatable bonds is 4. The van der Waals surface area contributed by atoms with E-state index >= 15 is 0 Å². The minimum atomic E-state index is -0.942. The number of imide groups is 1. The van der Waals surface area contributed by atoms with Crippen LogP contribution in [0.25, 0.3) is 0 Å². The Morgan fingerprint density at radius 3 is 2.24 bits per heavy atom. The number of anilines is 1. The molecule has 0 saturated carbocycles. The first-order valence-electron chi connectivity index (χ1n) is 9.65. The number of hydrogen-bond donors (Lipinski definition) is 1. The van der Waals surface area contributed by atoms with Crippen molar-refractivity contribution in [1.82, 2.24) is 4.90 Å². The Balaban J connectivity index is 1.45. The predicted octanol–water partition coefficient (Wildman–Crippen LogP) is 2.96. The zero-order valence-electron chi connectivity index (χ0n) is 16.2. The van der Waals surface area contributed by atoms with E-state index in [1.54, 1.807) is 43.5 Å². The van der Waals surface area contributed by atoms with Crippen molar-refractivity contribution < 1.29 is 19.4 Å². The fourth-order valence-electron chi connectivity index (χ4n) is 4.16. The summed E-state index contributed by atoms with van der Waals surface area (Å²) in [5.41, 5.74) is 0.441. The number of carbonyl (C=O) groups is 2. The zero-order chi connectivity index (χ0) is 20.6. The molecule has 1 N–H and O–H groups in total. The van der Waals surface area contributed by atoms with Gasteiger partial charge in [0.1, 0.15) is 5.75 Å². The van der Waals surface area contributed by atoms with Crippen LogP contribution in [0.15, 0.2) is 48.5 Å². The fourth-order valence-corrected chi connectivity index (χ4v) is 4.28. The molecule has 0 radical (unpaired) electrons. The van der Waals surface area contributed by atoms with Crippen LogP contribution < -0.4 is 9.64 Å². The summed E-state index contributed by atoms with van der Waals surface area (Å²) in [6.07, 6.45) is 1.15. The Labute approximate surface area is 174 Å². The van der Waals surface area contributed by atoms with E-state index in [0.29, 0.717) is 42.4 Å². The van der Waals surface area contributed by atoms with E-state index in [0.717, 1.165) is 5.56 Å². The maximum absolute atomic E-state index is 13.0. The quantitative estimate of drug-likeness (QED) is 0.779. The molecule has 1 atom stereocenters. The normalized spacial score (nSPS) is 22.2. The van der Waals surface area contributed by atoms with E-state index in [1.807, 2.05) is 17.0 Å². The molecule has 7 heteroatoms. The molecule has 2 aromatic rings. The fraction of sp³-hybridized carbons (Fsp3) is 0.364. The van der Waals surface area contributed by atoms with E-state index in [4.69, 9.17) is 16.3 Å². The highest BCUT2D eigenvalue weighted by molar-refractivity contribution is 6.30. The number of ether oxygens (including phenoxy) is 1. The molecule has 0 spiro atoms. The van der Waals surface area contributed by atoms with Crippen LogP contribution in [0.1, 0.15) is 24.8 Å². The summed E-state index contributed by atoms with van der Waals surface area (Å²) in [6.45, 7) is 1.08. The number of benzene rings is 2. The molecule has 2 saturated heterocycles. The molecule has 6 nitrogen and oxygen atoms in total. The van der Waals surface area contributed by atoms with Gasteiger partial charge in [-0.15, -0.1) is 0 Å². The molecule has 29 heavy (non-hydrogen) atoms. The van der Waals surface area contributed by atoms with Gasteiger partial charge in [0.25, 0.3) is 5.91 Å². The summed E-state index contributed by atoms with van der Waals surface area (Å²) in [4.78, 5) is 28.8. The topological polar surface area (TPSA) is 70.1 Å². The minimum Gasteiger partial charge on any atom is -0.497 e. The average molecular weight is 415 g/mol. The third kappa shape index (κ3) is 3.75. The third-order valence-corrected chi connectivity index (χ3v) is 6.15. The summed E-state index contributed by atoms with van der Waals surface area (Å²) in [7, 11) is 1.57. The van der Waals surface area contributed by atoms with Gasteiger partial charge in [-0.3, -0.25) is 14.5 Å². The number of methoxy groups -OCH3 is 1. The van der Waals surface area contributed by atoms with Gasteiger partial charge >= 0.3 is 0 Å². The summed E-state index contributed by atoms with van der Waals surface area (Å²) in [5, 5.41) is 11.7. The molecule has 2 amide bonds. The second-order valence-corrected chi connectivity index (χ2v) is 8.00. The SMILES string of the molecule is COc1ccc(N2C(=O)C[C@H](N3CCC(O)(c4ccc(Cl)cc4)CC3)C2=O)cc1. The van der Waals surface area contributed by atoms with Crippen molar-refractivity contribution >= 4 is 29.1 Å². The molecule has 2 fully saturated rings. The largest absolute Gasteiger partial charge is 0.497 e. The first kappa shape index (κ1) is 19.9. The molecule has 2 heterocycles. The van der Waals surface area contributed by atoms with Gasteiger partial charge in [-0.1, -0.05) is 23.7 Å². The lowest BCUT2D eigenvalue weighted by molar-refractivity contribution is -0.124. The van der Waals surface area contributed by atoms with Gasteiger partial charge in [-0.25, -0.2) is 4.90 Å². The summed E-state index contributed by atoms with van der Waals surface area (Å²) < 4.78 is 5.14. The number of piperidine rings is 1. The van der Waals surface area contributed by atoms with E-state index in [-0.39, 0.29) is 18.2 Å². The molecule has 4 rings (SSSR count). The highest BCUT2D eigenvalue weighted by Gasteiger charge is 2.45. The van der Waals surface area contributed by atoms with Gasteiger partial charge in [0.2, 0.25) is 5.91 Å². The zero-order valence-corrected chi connectivity index (χ0v) is 16.9. The van der Waals surface area contributed by atoms with E-state index in [9.17, 15) is 14.7 Å². The van der Waals surface area contributed by atoms with Crippen LogP contribution in [0.3, 0.4) is 0 Å². The van der Waals surface area contributed by atoms with E-state index in [2.05, 4.69) is 0 Å². The van der Waals surface area contributed by atoms with Gasteiger partial charge in [0.15, 0.2) is 0 Å². The highest BCUT2D eigenvalue weighted by atomic mass is 35.5. The number of carbonyl (C=O) groups excluding carboxylic acids is 2. The van der Waals surface area contributed by atoms with E-state index in [1.165, 1.54) is 4.90 Å². The number of aliphatic hydroxyl groups is 1. The van der Waals surface area contributed by atoms with Gasteiger partial charge in [-0.05, 0) is 54.8 Å². The lowest BCUT2D eigenvalue weighted by Crippen LogP contribution is -2.49. The van der Waals surface area contributed by atoms with E-state index < -0.39 is 11.6 Å². The summed E-state index contributed by atoms with van der Waals surface area (Å²) in [6, 6.07) is 13.6. The Bertz CT molecular complexity index is 905. The van der Waals surface area contributed by atoms with Crippen LogP contribution in [-0.2, 0) is 15.2 Å². The Kier molecular flexibility index (Phi) is 5.34. The maximum atomic E-state index is 13.0. The monoisotopic (exact) mass is 414 g/mol. The van der Waals surface area contributed by atoms with Gasteiger partial charge < -0.3 is 9.84 Å². The van der Waals surface area contributed by atoms with Crippen LogP contribution in [0.4, 0.5) is 5.69 Å². The van der Waals surface area contributed by atoms with Crippen LogP contribution in [0.5, 0.6) is 5.75 Å². The molecule has 0 bridgehead atoms. The van der Waals surface area contributed by atoms with Crippen molar-refractivity contribution in [2.75, 3.05) is 25.1 Å². The Morgan fingerprint density at radius 2 is 1.66 bits per heavy atom. The van der Waals surface area contributed by atoms with Crippen molar-refractivity contribution in [3.8, 4) is 5.75 Å². The van der Waals surface area contributed by atoms with Crippen molar-refractivity contribution in [1.29, 1.82) is 0 Å². The van der Waals surface area contributed by atoms with Crippen molar-refractivity contribution in [2.24, 2.45) is 0 Å². The third-order valence-electron chi connectivity index (χ3n) is 5.90. The van der Waals surface area contributed by atoms with Crippen molar-refractivity contribution in [3.63, 3.8) is 0 Å². The summed E-state index contributed by atoms with van der Waals surface area (Å²) in [5.74, 6) is 0.253. The molecule has 0 unspecified atom stereocenters. The highest BCUT2D eigenvalue weighted by Crippen LogP contribution is 2.36. The molecular formula is C22H23ClN2O4. The molecule has 152 valence electrons. The van der Waals surface area contributed by atoms with Crippen molar-refractivity contribution in [2.45, 2.75) is 30.9 Å². The number of nitrogens with zero attached hydrogens (tertiary/aromatic N) is 2. The number of amides is 2. The maximum Gasteiger partial charge on any atom is 0.251 e. The number of likely N-dealkylation sites (tertiary alicyclic amines) is 1. The molecule has 2 aromatic carbocycles. The second-order valence-electron chi connectivity index (χ2n) is 7.56. The summed E-state index contributed by atoms with van der Waals surface area (Å²) >= 11 is 5.95. The van der Waals surface area contributed by atoms with Gasteiger partial charge in [0, 0.05) is 18.1 Å². The second kappa shape index (κ2) is 7.78. The molecule has 2 aliphatic heterocycles. The first-order chi connectivity index (χ1) is 13.9. The van der Waals surface area contributed by atoms with Crippen molar-refractivity contribution in [3.05, 3.63) is 59.1 Å². The Morgan fingerprint density at radius 1 is 1.03 bits per heavy atom. The van der Waals surface area contributed by atoms with Crippen LogP contribution >= 0.6 is 11.6 Å². The number of hydrogen-bond acceptors (Lipinski definition) is 5. The molecule has 2 aliphatic rings. The molecular weight excluding hydrogens is 392 g/mol. The minimum absolute atomic E-state index is 0.157. The Hall–Kier alpha value is -2.41. The standard InChI is InChI=1S/C22H23ClN2O4/c1-29-18-8-6-17(7-9-18)25-20(26)14-19(21(25)27)24-12-10-22(28,11-13-24)15-2-4-16(23)5-3-15/h2-9,19,28H,10-14H2,1H3/t19-/m0/s1. The number of halogens is 1. The lowest BCUT2D eigenvalue weighted by atomic mass is 9.84. The first-order valence-corrected chi connectivity index (χ1v) is 10.0.